The SMILES string of the molecule is COc1cc(Br)c(CC(N)C(=O)O)c(F)c1OC. The monoisotopic (exact) mass is 321 g/mol. The van der Waals surface area contributed by atoms with Crippen molar-refractivity contribution in [3.63, 3.8) is 0 Å². The number of carboxylic acid groups (broad SMARTS) is 1. The largest absolute Gasteiger partial charge is 0.493 e. The van der Waals surface area contributed by atoms with Crippen molar-refractivity contribution < 1.29 is 23.8 Å². The van der Waals surface area contributed by atoms with Crippen LogP contribution in [0.5, 0.6) is 11.5 Å². The van der Waals surface area contributed by atoms with Gasteiger partial charge in [0.2, 0.25) is 0 Å². The summed E-state index contributed by atoms with van der Waals surface area (Å²) >= 11 is 3.16. The molecule has 0 aliphatic heterocycles. The van der Waals surface area contributed by atoms with Crippen LogP contribution >= 0.6 is 15.9 Å². The summed E-state index contributed by atoms with van der Waals surface area (Å²) < 4.78 is 24.4. The smallest absolute Gasteiger partial charge is 0.320 e. The summed E-state index contributed by atoms with van der Waals surface area (Å²) in [7, 11) is 2.68. The van der Waals surface area contributed by atoms with Crippen molar-refractivity contribution in [2.45, 2.75) is 12.5 Å². The van der Waals surface area contributed by atoms with Gasteiger partial charge in [0.25, 0.3) is 0 Å². The van der Waals surface area contributed by atoms with E-state index in [1.54, 1.807) is 0 Å². The van der Waals surface area contributed by atoms with Crippen LogP contribution in [0.4, 0.5) is 4.39 Å². The molecule has 0 aromatic heterocycles. The van der Waals surface area contributed by atoms with E-state index >= 15 is 0 Å². The second-order valence-electron chi connectivity index (χ2n) is 3.54. The Kier molecular flexibility index (Phi) is 4.92. The fraction of sp³-hybridized carbons (Fsp3) is 0.364. The maximum Gasteiger partial charge on any atom is 0.320 e. The van der Waals surface area contributed by atoms with Crippen molar-refractivity contribution >= 4 is 21.9 Å². The van der Waals surface area contributed by atoms with Crippen LogP contribution in [-0.2, 0) is 11.2 Å². The van der Waals surface area contributed by atoms with Crippen molar-refractivity contribution in [2.75, 3.05) is 14.2 Å². The lowest BCUT2D eigenvalue weighted by atomic mass is 10.1. The third kappa shape index (κ3) is 2.91. The number of carboxylic acids is 1. The molecule has 0 spiro atoms. The Labute approximate surface area is 112 Å². The van der Waals surface area contributed by atoms with Gasteiger partial charge in [-0.05, 0) is 6.07 Å². The highest BCUT2D eigenvalue weighted by molar-refractivity contribution is 9.10. The van der Waals surface area contributed by atoms with Crippen molar-refractivity contribution in [3.8, 4) is 11.5 Å². The Hall–Kier alpha value is -1.34. The zero-order valence-electron chi connectivity index (χ0n) is 9.87. The van der Waals surface area contributed by atoms with Crippen LogP contribution in [0.25, 0.3) is 0 Å². The molecule has 1 aromatic carbocycles. The lowest BCUT2D eigenvalue weighted by molar-refractivity contribution is -0.138. The minimum atomic E-state index is -1.20. The topological polar surface area (TPSA) is 81.8 Å². The Balaban J connectivity index is 3.24. The number of hydrogen-bond acceptors (Lipinski definition) is 4. The molecular formula is C11H13BrFNO4. The molecule has 5 nitrogen and oxygen atoms in total. The number of halogens is 2. The minimum absolute atomic E-state index is 0.0757. The lowest BCUT2D eigenvalue weighted by Crippen LogP contribution is -2.32. The second-order valence-corrected chi connectivity index (χ2v) is 4.39. The average Bonchev–Trinajstić information content (AvgIpc) is 2.33. The molecule has 0 amide bonds. The van der Waals surface area contributed by atoms with Crippen molar-refractivity contribution in [3.05, 3.63) is 21.9 Å². The highest BCUT2D eigenvalue weighted by Crippen LogP contribution is 2.37. The lowest BCUT2D eigenvalue weighted by Gasteiger charge is -2.15. The van der Waals surface area contributed by atoms with Crippen LogP contribution in [0.2, 0.25) is 0 Å². The highest BCUT2D eigenvalue weighted by atomic mass is 79.9. The van der Waals surface area contributed by atoms with Crippen LogP contribution < -0.4 is 15.2 Å². The zero-order valence-corrected chi connectivity index (χ0v) is 11.5. The first-order chi connectivity index (χ1) is 8.42. The molecule has 0 bridgehead atoms. The maximum atomic E-state index is 14.1. The van der Waals surface area contributed by atoms with Crippen molar-refractivity contribution in [1.29, 1.82) is 0 Å². The molecular weight excluding hydrogens is 309 g/mol. The fourth-order valence-corrected chi connectivity index (χ4v) is 2.00. The van der Waals surface area contributed by atoms with E-state index in [0.717, 1.165) is 0 Å². The molecule has 1 unspecified atom stereocenters. The van der Waals surface area contributed by atoms with Gasteiger partial charge in [0.15, 0.2) is 17.3 Å². The molecule has 100 valence electrons. The number of aliphatic carboxylic acids is 1. The Morgan fingerprint density at radius 1 is 1.56 bits per heavy atom. The number of carbonyl (C=O) groups is 1. The van der Waals surface area contributed by atoms with Gasteiger partial charge in [0.1, 0.15) is 6.04 Å². The minimum Gasteiger partial charge on any atom is -0.493 e. The van der Waals surface area contributed by atoms with Gasteiger partial charge in [-0.15, -0.1) is 0 Å². The molecule has 0 heterocycles. The zero-order chi connectivity index (χ0) is 13.9. The Morgan fingerprint density at radius 2 is 2.17 bits per heavy atom. The number of benzene rings is 1. The number of nitrogens with two attached hydrogens (primary N) is 1. The van der Waals surface area contributed by atoms with Gasteiger partial charge >= 0.3 is 5.97 Å². The van der Waals surface area contributed by atoms with Crippen LogP contribution in [0, 0.1) is 5.82 Å². The van der Waals surface area contributed by atoms with Crippen LogP contribution in [0.3, 0.4) is 0 Å². The molecule has 0 aliphatic carbocycles. The first kappa shape index (κ1) is 14.7. The summed E-state index contributed by atoms with van der Waals surface area (Å²) in [6, 6.07) is 0.320. The van der Waals surface area contributed by atoms with Gasteiger partial charge in [0, 0.05) is 16.5 Å². The number of ether oxygens (including phenoxy) is 2. The molecule has 3 N–H and O–H groups in total. The van der Waals surface area contributed by atoms with E-state index in [-0.39, 0.29) is 23.5 Å². The third-order valence-corrected chi connectivity index (χ3v) is 3.11. The van der Waals surface area contributed by atoms with E-state index in [2.05, 4.69) is 15.9 Å². The van der Waals surface area contributed by atoms with Crippen LogP contribution in [0.15, 0.2) is 10.5 Å². The molecule has 0 saturated heterocycles. The van der Waals surface area contributed by atoms with E-state index in [4.69, 9.17) is 20.3 Å². The number of methoxy groups -OCH3 is 2. The molecule has 1 atom stereocenters. The van der Waals surface area contributed by atoms with Crippen molar-refractivity contribution in [1.82, 2.24) is 0 Å². The fourth-order valence-electron chi connectivity index (χ4n) is 1.45. The van der Waals surface area contributed by atoms with Gasteiger partial charge in [0.05, 0.1) is 14.2 Å². The Morgan fingerprint density at radius 3 is 2.61 bits per heavy atom. The molecule has 0 saturated carbocycles. The molecule has 0 aliphatic rings. The summed E-state index contributed by atoms with van der Waals surface area (Å²) in [6.07, 6.45) is -0.151. The predicted octanol–water partition coefficient (Wildman–Crippen LogP) is 1.56. The molecule has 7 heteroatoms. The summed E-state index contributed by atoms with van der Waals surface area (Å²) in [6.45, 7) is 0. The van der Waals surface area contributed by atoms with Gasteiger partial charge in [-0.25, -0.2) is 4.39 Å². The second kappa shape index (κ2) is 6.01. The molecule has 18 heavy (non-hydrogen) atoms. The van der Waals surface area contributed by atoms with E-state index in [1.807, 2.05) is 0 Å². The predicted molar refractivity (Wildman–Crippen MR) is 66.5 cm³/mol. The van der Waals surface area contributed by atoms with Crippen molar-refractivity contribution in [2.24, 2.45) is 5.73 Å². The number of hydrogen-bond donors (Lipinski definition) is 2. The maximum absolute atomic E-state index is 14.1. The van der Waals surface area contributed by atoms with Crippen LogP contribution in [-0.4, -0.2) is 31.3 Å². The average molecular weight is 322 g/mol. The first-order valence-corrected chi connectivity index (χ1v) is 5.78. The Bertz CT molecular complexity index is 467. The molecule has 0 radical (unpaired) electrons. The molecule has 0 fully saturated rings. The summed E-state index contributed by atoms with van der Waals surface area (Å²) in [5, 5.41) is 8.73. The van der Waals surface area contributed by atoms with Gasteiger partial charge in [-0.1, -0.05) is 15.9 Å². The van der Waals surface area contributed by atoms with Gasteiger partial charge in [-0.2, -0.15) is 0 Å². The van der Waals surface area contributed by atoms with E-state index in [9.17, 15) is 9.18 Å². The quantitative estimate of drug-likeness (QED) is 0.860. The molecule has 1 rings (SSSR count). The highest BCUT2D eigenvalue weighted by Gasteiger charge is 2.22. The standard InChI is InChI=1S/C11H13BrFNO4/c1-17-8-4-6(12)5(3-7(14)11(15)16)9(13)10(8)18-2/h4,7H,3,14H2,1-2H3,(H,15,16). The summed E-state index contributed by atoms with van der Waals surface area (Å²) in [5.41, 5.74) is 5.53. The van der Waals surface area contributed by atoms with Gasteiger partial charge in [-0.3, -0.25) is 4.79 Å². The normalized spacial score (nSPS) is 12.1. The summed E-state index contributed by atoms with van der Waals surface area (Å²) in [5.74, 6) is -1.74. The third-order valence-electron chi connectivity index (χ3n) is 2.40. The number of rotatable bonds is 5. The van der Waals surface area contributed by atoms with Gasteiger partial charge < -0.3 is 20.3 Å². The van der Waals surface area contributed by atoms with E-state index in [0.29, 0.717) is 4.47 Å². The van der Waals surface area contributed by atoms with E-state index < -0.39 is 17.8 Å². The first-order valence-electron chi connectivity index (χ1n) is 4.99. The summed E-state index contributed by atoms with van der Waals surface area (Å²) in [4.78, 5) is 10.7. The van der Waals surface area contributed by atoms with Crippen LogP contribution in [0.1, 0.15) is 5.56 Å². The van der Waals surface area contributed by atoms with E-state index in [1.165, 1.54) is 20.3 Å². The molecule has 1 aromatic rings.